The summed E-state index contributed by atoms with van der Waals surface area (Å²) in [6.07, 6.45) is 45.5. The molecule has 0 atom stereocenters. The Morgan fingerprint density at radius 3 is 1.16 bits per heavy atom. The maximum absolute atomic E-state index is 13.9. The monoisotopic (exact) mass is 817 g/mol. The molecule has 0 saturated carbocycles. The van der Waals surface area contributed by atoms with Gasteiger partial charge in [-0.3, -0.25) is 9.69 Å². The van der Waals surface area contributed by atoms with Gasteiger partial charge in [-0.05, 0) is 103 Å². The first kappa shape index (κ1) is 55.0. The minimum Gasteiger partial charge on any atom is -0.342 e. The predicted octanol–water partition coefficient (Wildman–Crippen LogP) is 13.9. The molecule has 1 aliphatic heterocycles. The number of carbonyl (C=O) groups excluding carboxylic acids is 2. The van der Waals surface area contributed by atoms with E-state index in [9.17, 15) is 9.59 Å². The van der Waals surface area contributed by atoms with Gasteiger partial charge in [0, 0.05) is 32.6 Å². The lowest BCUT2D eigenvalue weighted by Crippen LogP contribution is -2.46. The number of unbranched alkanes of at least 4 members (excludes halogenated alkanes) is 26. The first-order chi connectivity index (χ1) is 28.6. The summed E-state index contributed by atoms with van der Waals surface area (Å²) in [5.41, 5.74) is 0. The van der Waals surface area contributed by atoms with E-state index >= 15 is 0 Å². The molecule has 0 radical (unpaired) electrons. The van der Waals surface area contributed by atoms with Gasteiger partial charge >= 0.3 is 0 Å². The molecule has 344 valence electrons. The van der Waals surface area contributed by atoms with Gasteiger partial charge in [0.05, 0.1) is 6.54 Å². The standard InChI is InChI=1S/C52H104N4O2/c1-5-9-13-17-21-25-30-39-53(40-34-29-35-49-57)44-36-51-37-45-56(46-38-51)52(58)50-55(43-33-28-24-20-16-12-8-4)48-47-54(41-31-26-22-18-14-10-6-2)42-32-27-23-19-15-11-7-3/h49,51H,5-48,50H2,1-4H3. The van der Waals surface area contributed by atoms with Gasteiger partial charge in [-0.2, -0.15) is 0 Å². The Morgan fingerprint density at radius 1 is 0.431 bits per heavy atom. The molecule has 1 saturated heterocycles. The smallest absolute Gasteiger partial charge is 0.236 e. The van der Waals surface area contributed by atoms with Crippen molar-refractivity contribution in [3.8, 4) is 0 Å². The van der Waals surface area contributed by atoms with Crippen LogP contribution in [0, 0.1) is 5.92 Å². The molecule has 58 heavy (non-hydrogen) atoms. The Balaban J connectivity index is 2.69. The molecule has 1 amide bonds. The van der Waals surface area contributed by atoms with Crippen LogP contribution in [-0.4, -0.2) is 104 Å². The molecule has 1 heterocycles. The molecular formula is C52H104N4O2. The molecule has 6 heteroatoms. The van der Waals surface area contributed by atoms with Crippen LogP contribution in [0.1, 0.15) is 246 Å². The number of piperidine rings is 1. The van der Waals surface area contributed by atoms with E-state index in [1.165, 1.54) is 212 Å². The molecule has 6 nitrogen and oxygen atoms in total. The highest BCUT2D eigenvalue weighted by atomic mass is 16.2. The van der Waals surface area contributed by atoms with Gasteiger partial charge in [-0.15, -0.1) is 0 Å². The first-order valence-electron chi connectivity index (χ1n) is 26.5. The highest BCUT2D eigenvalue weighted by Gasteiger charge is 2.25. The lowest BCUT2D eigenvalue weighted by molar-refractivity contribution is -0.134. The molecule has 0 aromatic rings. The Kier molecular flexibility index (Phi) is 40.5. The van der Waals surface area contributed by atoms with Crippen molar-refractivity contribution < 1.29 is 9.59 Å². The second-order valence-corrected chi connectivity index (χ2v) is 18.7. The fraction of sp³-hybridized carbons (Fsp3) is 0.962. The van der Waals surface area contributed by atoms with Crippen molar-refractivity contribution in [3.05, 3.63) is 0 Å². The van der Waals surface area contributed by atoms with Gasteiger partial charge in [-0.1, -0.05) is 182 Å². The van der Waals surface area contributed by atoms with Crippen molar-refractivity contribution in [1.82, 2.24) is 19.6 Å². The molecule has 0 aliphatic carbocycles. The molecule has 0 unspecified atom stereocenters. The quantitative estimate of drug-likeness (QED) is 0.0453. The minimum absolute atomic E-state index is 0.378. The zero-order chi connectivity index (χ0) is 42.0. The third-order valence-electron chi connectivity index (χ3n) is 13.3. The third-order valence-corrected chi connectivity index (χ3v) is 13.3. The lowest BCUT2D eigenvalue weighted by atomic mass is 9.93. The summed E-state index contributed by atoms with van der Waals surface area (Å²) >= 11 is 0. The molecule has 0 aromatic carbocycles. The summed E-state index contributed by atoms with van der Waals surface area (Å²) < 4.78 is 0. The van der Waals surface area contributed by atoms with Crippen LogP contribution in [0.15, 0.2) is 0 Å². The summed E-state index contributed by atoms with van der Waals surface area (Å²) in [5, 5.41) is 0. The van der Waals surface area contributed by atoms with Gasteiger partial charge < -0.3 is 19.5 Å². The molecule has 0 bridgehead atoms. The van der Waals surface area contributed by atoms with Crippen molar-refractivity contribution in [2.45, 2.75) is 246 Å². The van der Waals surface area contributed by atoms with Gasteiger partial charge in [0.1, 0.15) is 6.29 Å². The van der Waals surface area contributed by atoms with Crippen LogP contribution in [0.3, 0.4) is 0 Å². The highest BCUT2D eigenvalue weighted by molar-refractivity contribution is 5.78. The highest BCUT2D eigenvalue weighted by Crippen LogP contribution is 2.22. The van der Waals surface area contributed by atoms with E-state index in [2.05, 4.69) is 47.3 Å². The van der Waals surface area contributed by atoms with Crippen LogP contribution in [0.5, 0.6) is 0 Å². The number of hydrogen-bond acceptors (Lipinski definition) is 5. The molecule has 0 aromatic heterocycles. The van der Waals surface area contributed by atoms with Crippen LogP contribution in [0.25, 0.3) is 0 Å². The third kappa shape index (κ3) is 33.7. The fourth-order valence-electron chi connectivity index (χ4n) is 9.08. The van der Waals surface area contributed by atoms with E-state index in [0.29, 0.717) is 18.9 Å². The van der Waals surface area contributed by atoms with Crippen LogP contribution >= 0.6 is 0 Å². The molecule has 0 spiro atoms. The summed E-state index contributed by atoms with van der Waals surface area (Å²) in [4.78, 5) is 35.0. The van der Waals surface area contributed by atoms with Crippen molar-refractivity contribution in [3.63, 3.8) is 0 Å². The van der Waals surface area contributed by atoms with E-state index in [1.54, 1.807) is 0 Å². The number of amides is 1. The second kappa shape index (κ2) is 42.7. The number of rotatable bonds is 45. The van der Waals surface area contributed by atoms with Crippen molar-refractivity contribution in [1.29, 1.82) is 0 Å². The van der Waals surface area contributed by atoms with Crippen LogP contribution in [0.2, 0.25) is 0 Å². The van der Waals surface area contributed by atoms with E-state index in [1.807, 2.05) is 0 Å². The van der Waals surface area contributed by atoms with Crippen LogP contribution in [0.4, 0.5) is 0 Å². The number of likely N-dealkylation sites (tertiary alicyclic amines) is 1. The molecule has 0 N–H and O–H groups in total. The number of nitrogens with zero attached hydrogens (tertiary/aromatic N) is 4. The average molecular weight is 817 g/mol. The number of aldehydes is 1. The fourth-order valence-corrected chi connectivity index (χ4v) is 9.08. The maximum Gasteiger partial charge on any atom is 0.236 e. The van der Waals surface area contributed by atoms with Crippen molar-refractivity contribution in [2.24, 2.45) is 5.92 Å². The summed E-state index contributed by atoms with van der Waals surface area (Å²) in [6.45, 7) is 20.9. The zero-order valence-electron chi connectivity index (χ0n) is 40.1. The van der Waals surface area contributed by atoms with Gasteiger partial charge in [-0.25, -0.2) is 0 Å². The van der Waals surface area contributed by atoms with Crippen LogP contribution in [-0.2, 0) is 9.59 Å². The van der Waals surface area contributed by atoms with Crippen molar-refractivity contribution in [2.75, 3.05) is 72.0 Å². The largest absolute Gasteiger partial charge is 0.342 e. The van der Waals surface area contributed by atoms with Gasteiger partial charge in [0.25, 0.3) is 0 Å². The summed E-state index contributed by atoms with van der Waals surface area (Å²) in [7, 11) is 0. The van der Waals surface area contributed by atoms with E-state index < -0.39 is 0 Å². The second-order valence-electron chi connectivity index (χ2n) is 18.7. The Hall–Kier alpha value is -0.980. The number of carbonyl (C=O) groups is 2. The van der Waals surface area contributed by atoms with Gasteiger partial charge in [0.15, 0.2) is 0 Å². The molecule has 1 fully saturated rings. The average Bonchev–Trinajstić information content (AvgIpc) is 3.24. The lowest BCUT2D eigenvalue weighted by Gasteiger charge is -2.35. The predicted molar refractivity (Wildman–Crippen MR) is 255 cm³/mol. The van der Waals surface area contributed by atoms with Crippen LogP contribution < -0.4 is 0 Å². The molecule has 1 aliphatic rings. The summed E-state index contributed by atoms with van der Waals surface area (Å²) in [6, 6.07) is 0. The zero-order valence-corrected chi connectivity index (χ0v) is 40.1. The first-order valence-corrected chi connectivity index (χ1v) is 26.5. The number of hydrogen-bond donors (Lipinski definition) is 0. The summed E-state index contributed by atoms with van der Waals surface area (Å²) in [5.74, 6) is 1.11. The van der Waals surface area contributed by atoms with E-state index in [-0.39, 0.29) is 0 Å². The Bertz CT molecular complexity index is 844. The normalized spacial score (nSPS) is 13.8. The minimum atomic E-state index is 0.378. The van der Waals surface area contributed by atoms with E-state index in [0.717, 1.165) is 77.2 Å². The topological polar surface area (TPSA) is 47.1 Å². The van der Waals surface area contributed by atoms with Crippen molar-refractivity contribution >= 4 is 12.2 Å². The Labute approximate surface area is 364 Å². The molecule has 1 rings (SSSR count). The Morgan fingerprint density at radius 2 is 0.759 bits per heavy atom. The maximum atomic E-state index is 13.9. The SMILES string of the molecule is CCCCCCCCCN(CCCCC=O)CCC1CCN(C(=O)CN(CCCCCCCCC)CCN(CCCCCCCCC)CCCCCCCCC)CC1. The van der Waals surface area contributed by atoms with E-state index in [4.69, 9.17) is 0 Å². The van der Waals surface area contributed by atoms with Gasteiger partial charge in [0.2, 0.25) is 5.91 Å². The molecular weight excluding hydrogens is 713 g/mol.